The zero-order chi connectivity index (χ0) is 21.2. The number of carbonyl (C=O) groups excluding carboxylic acids is 1. The summed E-state index contributed by atoms with van der Waals surface area (Å²) in [6, 6.07) is 6.63. The second-order valence-electron chi connectivity index (χ2n) is 8.03. The molecule has 164 valence electrons. The molecule has 0 radical (unpaired) electrons. The highest BCUT2D eigenvalue weighted by molar-refractivity contribution is 9.10. The lowest BCUT2D eigenvalue weighted by molar-refractivity contribution is -0.134. The van der Waals surface area contributed by atoms with Crippen LogP contribution in [0.3, 0.4) is 0 Å². The van der Waals surface area contributed by atoms with Crippen LogP contribution in [0.4, 0.5) is 0 Å². The van der Waals surface area contributed by atoms with Crippen molar-refractivity contribution < 1.29 is 14.6 Å². The molecule has 1 amide bonds. The van der Waals surface area contributed by atoms with E-state index in [-0.39, 0.29) is 25.1 Å². The molecule has 6 heteroatoms. The Bertz CT molecular complexity index is 641. The SMILES string of the molecule is CCCCCC(CC)C1c2ccc(Br)cc2CCN1C(=O)CNC[C@H](O)COC. The first kappa shape index (κ1) is 24.3. The third-order valence-electron chi connectivity index (χ3n) is 5.87. The van der Waals surface area contributed by atoms with E-state index >= 15 is 0 Å². The molecule has 1 aromatic carbocycles. The number of ether oxygens (including phenoxy) is 1. The monoisotopic (exact) mass is 468 g/mol. The fraction of sp³-hybridized carbons (Fsp3) is 0.696. The Morgan fingerprint density at radius 1 is 1.38 bits per heavy atom. The van der Waals surface area contributed by atoms with Crippen LogP contribution in [0.1, 0.15) is 63.1 Å². The summed E-state index contributed by atoms with van der Waals surface area (Å²) in [7, 11) is 1.56. The van der Waals surface area contributed by atoms with Crippen molar-refractivity contribution in [1.29, 1.82) is 0 Å². The Hall–Kier alpha value is -0.950. The van der Waals surface area contributed by atoms with Gasteiger partial charge in [0.05, 0.1) is 25.3 Å². The molecule has 0 bridgehead atoms. The van der Waals surface area contributed by atoms with E-state index in [1.165, 1.54) is 30.4 Å². The van der Waals surface area contributed by atoms with Crippen LogP contribution in [0.25, 0.3) is 0 Å². The third-order valence-corrected chi connectivity index (χ3v) is 6.36. The second-order valence-corrected chi connectivity index (χ2v) is 8.94. The fourth-order valence-corrected chi connectivity index (χ4v) is 4.76. The molecule has 0 saturated heterocycles. The van der Waals surface area contributed by atoms with Crippen molar-refractivity contribution in [2.24, 2.45) is 5.92 Å². The quantitative estimate of drug-likeness (QED) is 0.453. The molecule has 2 N–H and O–H groups in total. The molecule has 0 aliphatic carbocycles. The van der Waals surface area contributed by atoms with Gasteiger partial charge in [-0.05, 0) is 42.0 Å². The minimum atomic E-state index is -0.597. The fourth-order valence-electron chi connectivity index (χ4n) is 4.36. The zero-order valence-electron chi connectivity index (χ0n) is 18.1. The van der Waals surface area contributed by atoms with Crippen molar-refractivity contribution in [3.05, 3.63) is 33.8 Å². The van der Waals surface area contributed by atoms with Gasteiger partial charge in [-0.1, -0.05) is 61.5 Å². The maximum Gasteiger partial charge on any atom is 0.237 e. The van der Waals surface area contributed by atoms with Gasteiger partial charge in [0.15, 0.2) is 0 Å². The van der Waals surface area contributed by atoms with Gasteiger partial charge >= 0.3 is 0 Å². The van der Waals surface area contributed by atoms with Gasteiger partial charge in [-0.15, -0.1) is 0 Å². The Kier molecular flexibility index (Phi) is 10.6. The van der Waals surface area contributed by atoms with Crippen LogP contribution in [0, 0.1) is 5.92 Å². The third kappa shape index (κ3) is 7.06. The standard InChI is InChI=1S/C23H37BrN2O3/c1-4-6-7-8-17(5-2)23-21-10-9-19(24)13-18(21)11-12-26(23)22(28)15-25-14-20(27)16-29-3/h9-10,13,17,20,23,25,27H,4-8,11-12,14-16H2,1-3H3/t17?,20-,23?/m0/s1. The first-order valence-electron chi connectivity index (χ1n) is 11.0. The molecule has 5 nitrogen and oxygen atoms in total. The number of hydrogen-bond donors (Lipinski definition) is 2. The van der Waals surface area contributed by atoms with Crippen LogP contribution in [0.15, 0.2) is 22.7 Å². The van der Waals surface area contributed by atoms with Crippen molar-refractivity contribution in [3.8, 4) is 0 Å². The maximum absolute atomic E-state index is 13.1. The average Bonchev–Trinajstić information content (AvgIpc) is 2.70. The van der Waals surface area contributed by atoms with E-state index in [0.717, 1.165) is 30.3 Å². The predicted molar refractivity (Wildman–Crippen MR) is 121 cm³/mol. The van der Waals surface area contributed by atoms with Crippen molar-refractivity contribution in [1.82, 2.24) is 10.2 Å². The molecule has 1 aromatic rings. The van der Waals surface area contributed by atoms with E-state index in [1.807, 2.05) is 0 Å². The van der Waals surface area contributed by atoms with Crippen LogP contribution in [-0.4, -0.2) is 55.4 Å². The number of benzene rings is 1. The van der Waals surface area contributed by atoms with Gasteiger partial charge in [-0.2, -0.15) is 0 Å². The van der Waals surface area contributed by atoms with Crippen molar-refractivity contribution >= 4 is 21.8 Å². The van der Waals surface area contributed by atoms with Crippen LogP contribution >= 0.6 is 15.9 Å². The van der Waals surface area contributed by atoms with E-state index in [0.29, 0.717) is 12.5 Å². The zero-order valence-corrected chi connectivity index (χ0v) is 19.7. The molecule has 29 heavy (non-hydrogen) atoms. The summed E-state index contributed by atoms with van der Waals surface area (Å²) in [5.74, 6) is 0.576. The number of nitrogens with zero attached hydrogens (tertiary/aromatic N) is 1. The molecule has 0 aromatic heterocycles. The van der Waals surface area contributed by atoms with Gasteiger partial charge in [0, 0.05) is 24.7 Å². The lowest BCUT2D eigenvalue weighted by atomic mass is 9.81. The summed E-state index contributed by atoms with van der Waals surface area (Å²) >= 11 is 3.60. The molecule has 2 unspecified atom stereocenters. The van der Waals surface area contributed by atoms with Gasteiger partial charge in [-0.3, -0.25) is 4.79 Å². The highest BCUT2D eigenvalue weighted by Gasteiger charge is 2.35. The number of unbranched alkanes of at least 4 members (excludes halogenated alkanes) is 2. The normalized spacial score (nSPS) is 18.4. The number of aliphatic hydroxyl groups excluding tert-OH is 1. The number of amides is 1. The number of fused-ring (bicyclic) bond motifs is 1. The Morgan fingerprint density at radius 3 is 2.86 bits per heavy atom. The Labute approximate surface area is 184 Å². The topological polar surface area (TPSA) is 61.8 Å². The van der Waals surface area contributed by atoms with Gasteiger partial charge in [0.1, 0.15) is 0 Å². The molecule has 0 spiro atoms. The summed E-state index contributed by atoms with van der Waals surface area (Å²) in [5.41, 5.74) is 2.65. The molecule has 0 saturated carbocycles. The lowest BCUT2D eigenvalue weighted by Crippen LogP contribution is -2.47. The maximum atomic E-state index is 13.1. The Morgan fingerprint density at radius 2 is 2.17 bits per heavy atom. The average molecular weight is 469 g/mol. The van der Waals surface area contributed by atoms with E-state index in [1.54, 1.807) is 7.11 Å². The smallest absolute Gasteiger partial charge is 0.237 e. The largest absolute Gasteiger partial charge is 0.389 e. The predicted octanol–water partition coefficient (Wildman–Crippen LogP) is 4.08. The number of carbonyl (C=O) groups is 1. The van der Waals surface area contributed by atoms with Gasteiger partial charge in [-0.25, -0.2) is 0 Å². The molecule has 1 aliphatic rings. The van der Waals surface area contributed by atoms with Crippen LogP contribution < -0.4 is 5.32 Å². The molecule has 2 rings (SSSR count). The number of aliphatic hydroxyl groups is 1. The van der Waals surface area contributed by atoms with Crippen molar-refractivity contribution in [3.63, 3.8) is 0 Å². The summed E-state index contributed by atoms with van der Waals surface area (Å²) in [4.78, 5) is 15.2. The second kappa shape index (κ2) is 12.7. The molecule has 3 atom stereocenters. The van der Waals surface area contributed by atoms with Gasteiger partial charge in [0.25, 0.3) is 0 Å². The van der Waals surface area contributed by atoms with E-state index in [2.05, 4.69) is 58.2 Å². The summed E-state index contributed by atoms with van der Waals surface area (Å²) in [6.45, 7) is 6.09. The molecular formula is C23H37BrN2O3. The van der Waals surface area contributed by atoms with Gasteiger partial charge in [0.2, 0.25) is 5.91 Å². The number of rotatable bonds is 12. The highest BCUT2D eigenvalue weighted by atomic mass is 79.9. The Balaban J connectivity index is 2.15. The lowest BCUT2D eigenvalue weighted by Gasteiger charge is -2.42. The van der Waals surface area contributed by atoms with E-state index < -0.39 is 6.10 Å². The molecule has 1 aliphatic heterocycles. The number of hydrogen-bond acceptors (Lipinski definition) is 4. The highest BCUT2D eigenvalue weighted by Crippen LogP contribution is 2.40. The van der Waals surface area contributed by atoms with E-state index in [4.69, 9.17) is 4.74 Å². The van der Waals surface area contributed by atoms with Crippen LogP contribution in [0.2, 0.25) is 0 Å². The number of halogens is 1. The van der Waals surface area contributed by atoms with Crippen LogP contribution in [-0.2, 0) is 16.0 Å². The minimum Gasteiger partial charge on any atom is -0.389 e. The first-order valence-corrected chi connectivity index (χ1v) is 11.8. The summed E-state index contributed by atoms with van der Waals surface area (Å²) < 4.78 is 6.05. The van der Waals surface area contributed by atoms with Crippen LogP contribution in [0.5, 0.6) is 0 Å². The van der Waals surface area contributed by atoms with Gasteiger partial charge < -0.3 is 20.1 Å². The number of methoxy groups -OCH3 is 1. The molecule has 0 fully saturated rings. The van der Waals surface area contributed by atoms with Crippen molar-refractivity contribution in [2.45, 2.75) is 64.5 Å². The molecule has 1 heterocycles. The minimum absolute atomic E-state index is 0.113. The van der Waals surface area contributed by atoms with Crippen molar-refractivity contribution in [2.75, 3.05) is 33.4 Å². The summed E-state index contributed by atoms with van der Waals surface area (Å²) in [5, 5.41) is 12.9. The number of nitrogens with one attached hydrogen (secondary N) is 1. The molecular weight excluding hydrogens is 432 g/mol. The van der Waals surface area contributed by atoms with E-state index in [9.17, 15) is 9.90 Å². The summed E-state index contributed by atoms with van der Waals surface area (Å²) in [6.07, 6.45) is 6.15. The first-order chi connectivity index (χ1) is 14.0.